The van der Waals surface area contributed by atoms with Gasteiger partial charge in [0.05, 0.1) is 0 Å². The van der Waals surface area contributed by atoms with Gasteiger partial charge >= 0.3 is 0 Å². The SMILES string of the molecule is CCN1CCCC1CN(C)CCCS. The smallest absolute Gasteiger partial charge is 0.0223 e. The summed E-state index contributed by atoms with van der Waals surface area (Å²) in [6.07, 6.45) is 3.98. The molecule has 14 heavy (non-hydrogen) atoms. The quantitative estimate of drug-likeness (QED) is 0.676. The minimum absolute atomic E-state index is 0.810. The first-order chi connectivity index (χ1) is 6.77. The van der Waals surface area contributed by atoms with Gasteiger partial charge in [-0.1, -0.05) is 6.92 Å². The van der Waals surface area contributed by atoms with Crippen LogP contribution in [0.2, 0.25) is 0 Å². The Morgan fingerprint density at radius 2 is 2.29 bits per heavy atom. The van der Waals surface area contributed by atoms with Crippen LogP contribution in [-0.2, 0) is 0 Å². The highest BCUT2D eigenvalue weighted by Crippen LogP contribution is 2.17. The van der Waals surface area contributed by atoms with E-state index >= 15 is 0 Å². The Hall–Kier alpha value is 0.270. The molecule has 0 saturated carbocycles. The van der Waals surface area contributed by atoms with Gasteiger partial charge in [-0.05, 0) is 51.7 Å². The van der Waals surface area contributed by atoms with Crippen LogP contribution in [-0.4, -0.2) is 54.8 Å². The third kappa shape index (κ3) is 3.79. The van der Waals surface area contributed by atoms with Gasteiger partial charge in [0.25, 0.3) is 0 Å². The highest BCUT2D eigenvalue weighted by molar-refractivity contribution is 7.80. The largest absolute Gasteiger partial charge is 0.305 e. The van der Waals surface area contributed by atoms with Gasteiger partial charge in [0.2, 0.25) is 0 Å². The minimum atomic E-state index is 0.810. The van der Waals surface area contributed by atoms with Crippen molar-refractivity contribution in [3.8, 4) is 0 Å². The zero-order chi connectivity index (χ0) is 10.4. The predicted molar refractivity (Wildman–Crippen MR) is 66.2 cm³/mol. The van der Waals surface area contributed by atoms with Crippen LogP contribution in [0.5, 0.6) is 0 Å². The first-order valence-electron chi connectivity index (χ1n) is 5.81. The Bertz CT molecular complexity index is 152. The van der Waals surface area contributed by atoms with Crippen LogP contribution in [0.25, 0.3) is 0 Å². The van der Waals surface area contributed by atoms with Crippen LogP contribution in [0.15, 0.2) is 0 Å². The molecule has 1 rings (SSSR count). The maximum absolute atomic E-state index is 4.24. The zero-order valence-corrected chi connectivity index (χ0v) is 10.5. The van der Waals surface area contributed by atoms with E-state index < -0.39 is 0 Å². The Labute approximate surface area is 94.1 Å². The second kappa shape index (κ2) is 6.70. The van der Waals surface area contributed by atoms with Crippen molar-refractivity contribution < 1.29 is 0 Å². The first-order valence-corrected chi connectivity index (χ1v) is 6.44. The van der Waals surface area contributed by atoms with Gasteiger partial charge in [0.15, 0.2) is 0 Å². The molecule has 0 radical (unpaired) electrons. The van der Waals surface area contributed by atoms with Crippen LogP contribution in [0.1, 0.15) is 26.2 Å². The fraction of sp³-hybridized carbons (Fsp3) is 1.00. The standard InChI is InChI=1S/C11H24N2S/c1-3-13-8-4-6-11(13)10-12(2)7-5-9-14/h11,14H,3-10H2,1-2H3. The number of hydrogen-bond acceptors (Lipinski definition) is 3. The highest BCUT2D eigenvalue weighted by atomic mass is 32.1. The van der Waals surface area contributed by atoms with Gasteiger partial charge < -0.3 is 4.90 Å². The number of likely N-dealkylation sites (tertiary alicyclic amines) is 1. The summed E-state index contributed by atoms with van der Waals surface area (Å²) in [5.41, 5.74) is 0. The molecule has 3 heteroatoms. The minimum Gasteiger partial charge on any atom is -0.305 e. The molecule has 0 aromatic carbocycles. The molecule has 2 nitrogen and oxygen atoms in total. The molecule has 1 saturated heterocycles. The zero-order valence-electron chi connectivity index (χ0n) is 9.58. The van der Waals surface area contributed by atoms with Crippen LogP contribution in [0.4, 0.5) is 0 Å². The topological polar surface area (TPSA) is 6.48 Å². The Kier molecular flexibility index (Phi) is 5.90. The van der Waals surface area contributed by atoms with E-state index in [1.54, 1.807) is 0 Å². The fourth-order valence-electron chi connectivity index (χ4n) is 2.31. The van der Waals surface area contributed by atoms with E-state index in [1.807, 2.05) is 0 Å². The van der Waals surface area contributed by atoms with Crippen molar-refractivity contribution in [3.05, 3.63) is 0 Å². The van der Waals surface area contributed by atoms with E-state index in [1.165, 1.54) is 45.4 Å². The first kappa shape index (κ1) is 12.3. The van der Waals surface area contributed by atoms with Crippen molar-refractivity contribution in [2.75, 3.05) is 39.0 Å². The van der Waals surface area contributed by atoms with Gasteiger partial charge in [0, 0.05) is 12.6 Å². The molecule has 84 valence electrons. The number of thiol groups is 1. The van der Waals surface area contributed by atoms with Gasteiger partial charge in [0.1, 0.15) is 0 Å². The normalized spacial score (nSPS) is 23.6. The molecule has 1 aliphatic rings. The lowest BCUT2D eigenvalue weighted by atomic mass is 10.2. The van der Waals surface area contributed by atoms with Crippen molar-refractivity contribution in [3.63, 3.8) is 0 Å². The Morgan fingerprint density at radius 3 is 2.93 bits per heavy atom. The van der Waals surface area contributed by atoms with E-state index in [0.29, 0.717) is 0 Å². The van der Waals surface area contributed by atoms with Crippen LogP contribution in [0, 0.1) is 0 Å². The van der Waals surface area contributed by atoms with Crippen molar-refractivity contribution in [2.24, 2.45) is 0 Å². The van der Waals surface area contributed by atoms with Crippen molar-refractivity contribution in [2.45, 2.75) is 32.2 Å². The number of hydrogen-bond donors (Lipinski definition) is 1. The summed E-state index contributed by atoms with van der Waals surface area (Å²) in [5.74, 6) is 1.01. The lowest BCUT2D eigenvalue weighted by Gasteiger charge is -2.27. The number of likely N-dealkylation sites (N-methyl/N-ethyl adjacent to an activating group) is 2. The molecule has 0 N–H and O–H groups in total. The second-order valence-corrected chi connectivity index (χ2v) is 4.71. The monoisotopic (exact) mass is 216 g/mol. The lowest BCUT2D eigenvalue weighted by molar-refractivity contribution is 0.199. The molecule has 1 fully saturated rings. The van der Waals surface area contributed by atoms with Crippen molar-refractivity contribution in [1.82, 2.24) is 9.80 Å². The summed E-state index contributed by atoms with van der Waals surface area (Å²) in [6, 6.07) is 0.810. The van der Waals surface area contributed by atoms with Crippen LogP contribution in [0.3, 0.4) is 0 Å². The maximum Gasteiger partial charge on any atom is 0.0223 e. The van der Waals surface area contributed by atoms with E-state index in [4.69, 9.17) is 0 Å². The average Bonchev–Trinajstić information content (AvgIpc) is 2.62. The summed E-state index contributed by atoms with van der Waals surface area (Å²) >= 11 is 4.24. The molecule has 0 amide bonds. The molecule has 1 atom stereocenters. The molecule has 1 heterocycles. The molecular weight excluding hydrogens is 192 g/mol. The summed E-state index contributed by atoms with van der Waals surface area (Å²) < 4.78 is 0. The Morgan fingerprint density at radius 1 is 1.50 bits per heavy atom. The van der Waals surface area contributed by atoms with E-state index in [-0.39, 0.29) is 0 Å². The molecule has 0 aromatic rings. The maximum atomic E-state index is 4.24. The Balaban J connectivity index is 2.21. The van der Waals surface area contributed by atoms with E-state index in [9.17, 15) is 0 Å². The van der Waals surface area contributed by atoms with Crippen LogP contribution < -0.4 is 0 Å². The van der Waals surface area contributed by atoms with Gasteiger partial charge in [-0.25, -0.2) is 0 Å². The molecular formula is C11H24N2S. The third-order valence-electron chi connectivity index (χ3n) is 3.13. The number of rotatable bonds is 6. The molecule has 0 spiro atoms. The summed E-state index contributed by atoms with van der Waals surface area (Å²) in [7, 11) is 2.23. The summed E-state index contributed by atoms with van der Waals surface area (Å²) in [6.45, 7) is 7.22. The summed E-state index contributed by atoms with van der Waals surface area (Å²) in [4.78, 5) is 5.06. The fourth-order valence-corrected chi connectivity index (χ4v) is 2.45. The summed E-state index contributed by atoms with van der Waals surface area (Å²) in [5, 5.41) is 0. The van der Waals surface area contributed by atoms with Gasteiger partial charge in [-0.15, -0.1) is 0 Å². The molecule has 1 unspecified atom stereocenters. The van der Waals surface area contributed by atoms with Crippen LogP contribution >= 0.6 is 12.6 Å². The van der Waals surface area contributed by atoms with Gasteiger partial charge in [-0.2, -0.15) is 12.6 Å². The molecule has 0 aliphatic carbocycles. The van der Waals surface area contributed by atoms with Crippen molar-refractivity contribution >= 4 is 12.6 Å². The second-order valence-electron chi connectivity index (χ2n) is 4.26. The van der Waals surface area contributed by atoms with Crippen molar-refractivity contribution in [1.29, 1.82) is 0 Å². The van der Waals surface area contributed by atoms with E-state index in [2.05, 4.69) is 36.4 Å². The third-order valence-corrected chi connectivity index (χ3v) is 3.44. The number of nitrogens with zero attached hydrogens (tertiary/aromatic N) is 2. The highest BCUT2D eigenvalue weighted by Gasteiger charge is 2.23. The lowest BCUT2D eigenvalue weighted by Crippen LogP contribution is -2.39. The average molecular weight is 216 g/mol. The molecule has 1 aliphatic heterocycles. The predicted octanol–water partition coefficient (Wildman–Crippen LogP) is 1.72. The molecule has 0 bridgehead atoms. The van der Waals surface area contributed by atoms with E-state index in [0.717, 1.165) is 11.8 Å². The molecule has 0 aromatic heterocycles. The van der Waals surface area contributed by atoms with Gasteiger partial charge in [-0.3, -0.25) is 4.90 Å².